The van der Waals surface area contributed by atoms with Crippen LogP contribution in [0.3, 0.4) is 0 Å². The second-order valence-electron chi connectivity index (χ2n) is 5.69. The molecule has 3 rings (SSSR count). The molecule has 0 aromatic heterocycles. The zero-order chi connectivity index (χ0) is 17.8. The van der Waals surface area contributed by atoms with Crippen LogP contribution in [0.5, 0.6) is 11.5 Å². The Morgan fingerprint density at radius 1 is 1.08 bits per heavy atom. The normalized spacial score (nSPS) is 13.7. The molecule has 1 fully saturated rings. The summed E-state index contributed by atoms with van der Waals surface area (Å²) in [5.41, 5.74) is 1.77. The monoisotopic (exact) mass is 340 g/mol. The Bertz CT molecular complexity index is 804. The molecule has 0 atom stereocenters. The maximum absolute atomic E-state index is 12.6. The van der Waals surface area contributed by atoms with Crippen LogP contribution in [0.1, 0.15) is 23.2 Å². The molecule has 2 aromatic carbocycles. The Kier molecular flexibility index (Phi) is 4.88. The summed E-state index contributed by atoms with van der Waals surface area (Å²) in [6, 6.07) is 12.3. The summed E-state index contributed by atoms with van der Waals surface area (Å²) in [6.45, 7) is 0.669. The first-order valence-corrected chi connectivity index (χ1v) is 8.07. The largest absolute Gasteiger partial charge is 0.493 e. The molecule has 25 heavy (non-hydrogen) atoms. The number of hydrogen-bond donors (Lipinski definition) is 1. The highest BCUT2D eigenvalue weighted by Crippen LogP contribution is 2.31. The van der Waals surface area contributed by atoms with Gasteiger partial charge >= 0.3 is 0 Å². The van der Waals surface area contributed by atoms with Crippen LogP contribution in [-0.2, 0) is 4.79 Å². The zero-order valence-corrected chi connectivity index (χ0v) is 14.2. The van der Waals surface area contributed by atoms with Crippen LogP contribution >= 0.6 is 0 Å². The van der Waals surface area contributed by atoms with E-state index in [2.05, 4.69) is 5.32 Å². The van der Waals surface area contributed by atoms with Gasteiger partial charge < -0.3 is 19.7 Å². The van der Waals surface area contributed by atoms with E-state index in [0.717, 1.165) is 12.1 Å². The molecular weight excluding hydrogens is 320 g/mol. The highest BCUT2D eigenvalue weighted by Gasteiger charge is 2.24. The molecule has 1 aliphatic rings. The average molecular weight is 340 g/mol. The number of benzene rings is 2. The van der Waals surface area contributed by atoms with Crippen LogP contribution in [0.4, 0.5) is 11.4 Å². The van der Waals surface area contributed by atoms with Gasteiger partial charge in [-0.25, -0.2) is 0 Å². The van der Waals surface area contributed by atoms with E-state index in [1.54, 1.807) is 36.3 Å². The van der Waals surface area contributed by atoms with E-state index in [4.69, 9.17) is 9.47 Å². The van der Waals surface area contributed by atoms with Crippen molar-refractivity contribution < 1.29 is 19.1 Å². The van der Waals surface area contributed by atoms with Crippen LogP contribution in [0, 0.1) is 0 Å². The van der Waals surface area contributed by atoms with Crippen LogP contribution in [0.2, 0.25) is 0 Å². The SMILES string of the molecule is COc1ccc(C(=O)Nc2ccccc2N2CCCC2=O)cc1OC. The fourth-order valence-electron chi connectivity index (χ4n) is 2.89. The highest BCUT2D eigenvalue weighted by atomic mass is 16.5. The molecule has 6 heteroatoms. The first-order chi connectivity index (χ1) is 12.1. The van der Waals surface area contributed by atoms with Crippen LogP contribution in [0.15, 0.2) is 42.5 Å². The van der Waals surface area contributed by atoms with Gasteiger partial charge in [-0.15, -0.1) is 0 Å². The average Bonchev–Trinajstić information content (AvgIpc) is 3.07. The van der Waals surface area contributed by atoms with E-state index >= 15 is 0 Å². The topological polar surface area (TPSA) is 67.9 Å². The number of carbonyl (C=O) groups is 2. The molecule has 0 aliphatic carbocycles. The summed E-state index contributed by atoms with van der Waals surface area (Å²) in [6.07, 6.45) is 1.37. The third kappa shape index (κ3) is 3.42. The Hall–Kier alpha value is -3.02. The smallest absolute Gasteiger partial charge is 0.255 e. The number of carbonyl (C=O) groups excluding carboxylic acids is 2. The molecule has 1 aliphatic heterocycles. The fraction of sp³-hybridized carbons (Fsp3) is 0.263. The van der Waals surface area contributed by atoms with Crippen molar-refractivity contribution in [2.75, 3.05) is 31.0 Å². The summed E-state index contributed by atoms with van der Waals surface area (Å²) in [7, 11) is 3.06. The number of methoxy groups -OCH3 is 2. The molecule has 2 aromatic rings. The van der Waals surface area contributed by atoms with E-state index in [1.807, 2.05) is 18.2 Å². The molecule has 0 unspecified atom stereocenters. The van der Waals surface area contributed by atoms with E-state index < -0.39 is 0 Å². The summed E-state index contributed by atoms with van der Waals surface area (Å²) in [4.78, 5) is 26.4. The second kappa shape index (κ2) is 7.25. The molecule has 2 amide bonds. The molecule has 0 bridgehead atoms. The fourth-order valence-corrected chi connectivity index (χ4v) is 2.89. The lowest BCUT2D eigenvalue weighted by Gasteiger charge is -2.20. The minimum Gasteiger partial charge on any atom is -0.493 e. The third-order valence-electron chi connectivity index (χ3n) is 4.16. The summed E-state index contributed by atoms with van der Waals surface area (Å²) in [5.74, 6) is 0.841. The van der Waals surface area contributed by atoms with Crippen molar-refractivity contribution in [1.29, 1.82) is 0 Å². The third-order valence-corrected chi connectivity index (χ3v) is 4.16. The summed E-state index contributed by atoms with van der Waals surface area (Å²) >= 11 is 0. The minimum atomic E-state index is -0.278. The van der Waals surface area contributed by atoms with Gasteiger partial charge in [0.15, 0.2) is 11.5 Å². The number of amides is 2. The first-order valence-electron chi connectivity index (χ1n) is 8.07. The van der Waals surface area contributed by atoms with Crippen molar-refractivity contribution in [2.24, 2.45) is 0 Å². The van der Waals surface area contributed by atoms with E-state index in [0.29, 0.717) is 35.7 Å². The number of nitrogens with one attached hydrogen (secondary N) is 1. The predicted octanol–water partition coefficient (Wildman–Crippen LogP) is 3.08. The number of hydrogen-bond acceptors (Lipinski definition) is 4. The van der Waals surface area contributed by atoms with E-state index in [1.165, 1.54) is 7.11 Å². The Labute approximate surface area is 146 Å². The number of nitrogens with zero attached hydrogens (tertiary/aromatic N) is 1. The molecular formula is C19H20N2O4. The summed E-state index contributed by atoms with van der Waals surface area (Å²) < 4.78 is 10.4. The van der Waals surface area contributed by atoms with Gasteiger partial charge in [0.25, 0.3) is 5.91 Å². The molecule has 0 spiro atoms. The lowest BCUT2D eigenvalue weighted by molar-refractivity contribution is -0.117. The van der Waals surface area contributed by atoms with Crippen molar-refractivity contribution in [2.45, 2.75) is 12.8 Å². The molecule has 1 N–H and O–H groups in total. The molecule has 0 radical (unpaired) electrons. The Morgan fingerprint density at radius 2 is 1.84 bits per heavy atom. The van der Waals surface area contributed by atoms with Gasteiger partial charge in [0, 0.05) is 18.5 Å². The Balaban J connectivity index is 1.85. The number of para-hydroxylation sites is 2. The van der Waals surface area contributed by atoms with Gasteiger partial charge in [-0.3, -0.25) is 9.59 Å². The van der Waals surface area contributed by atoms with Gasteiger partial charge in [-0.05, 0) is 36.8 Å². The molecule has 1 heterocycles. The minimum absolute atomic E-state index is 0.0767. The molecule has 1 saturated heterocycles. The standard InChI is InChI=1S/C19H20N2O4/c1-24-16-10-9-13(12-17(16)25-2)19(23)20-14-6-3-4-7-15(14)21-11-5-8-18(21)22/h3-4,6-7,9-10,12H,5,8,11H2,1-2H3,(H,20,23). The van der Waals surface area contributed by atoms with Crippen LogP contribution < -0.4 is 19.7 Å². The van der Waals surface area contributed by atoms with Crippen molar-refractivity contribution >= 4 is 23.2 Å². The van der Waals surface area contributed by atoms with Gasteiger partial charge in [0.05, 0.1) is 25.6 Å². The zero-order valence-electron chi connectivity index (χ0n) is 14.2. The lowest BCUT2D eigenvalue weighted by Crippen LogP contribution is -2.25. The van der Waals surface area contributed by atoms with Crippen molar-refractivity contribution in [3.05, 3.63) is 48.0 Å². The summed E-state index contributed by atoms with van der Waals surface area (Å²) in [5, 5.41) is 2.88. The van der Waals surface area contributed by atoms with E-state index in [-0.39, 0.29) is 11.8 Å². The first kappa shape index (κ1) is 16.8. The Morgan fingerprint density at radius 3 is 2.52 bits per heavy atom. The van der Waals surface area contributed by atoms with E-state index in [9.17, 15) is 9.59 Å². The predicted molar refractivity (Wildman–Crippen MR) is 95.5 cm³/mol. The van der Waals surface area contributed by atoms with Gasteiger partial charge in [0.2, 0.25) is 5.91 Å². The molecule has 6 nitrogen and oxygen atoms in total. The second-order valence-corrected chi connectivity index (χ2v) is 5.69. The number of ether oxygens (including phenoxy) is 2. The molecule has 0 saturated carbocycles. The number of anilines is 2. The van der Waals surface area contributed by atoms with Crippen LogP contribution in [0.25, 0.3) is 0 Å². The quantitative estimate of drug-likeness (QED) is 0.908. The maximum Gasteiger partial charge on any atom is 0.255 e. The maximum atomic E-state index is 12.6. The van der Waals surface area contributed by atoms with Crippen LogP contribution in [-0.4, -0.2) is 32.6 Å². The lowest BCUT2D eigenvalue weighted by atomic mass is 10.1. The number of rotatable bonds is 5. The van der Waals surface area contributed by atoms with Crippen molar-refractivity contribution in [1.82, 2.24) is 0 Å². The van der Waals surface area contributed by atoms with Crippen molar-refractivity contribution in [3.8, 4) is 11.5 Å². The highest BCUT2D eigenvalue weighted by molar-refractivity contribution is 6.08. The van der Waals surface area contributed by atoms with Gasteiger partial charge in [0.1, 0.15) is 0 Å². The van der Waals surface area contributed by atoms with Crippen molar-refractivity contribution in [3.63, 3.8) is 0 Å². The van der Waals surface area contributed by atoms with Gasteiger partial charge in [-0.1, -0.05) is 12.1 Å². The molecule has 130 valence electrons. The van der Waals surface area contributed by atoms with Gasteiger partial charge in [-0.2, -0.15) is 0 Å².